The lowest BCUT2D eigenvalue weighted by Crippen LogP contribution is -2.21. The van der Waals surface area contributed by atoms with Gasteiger partial charge >= 0.3 is 0 Å². The van der Waals surface area contributed by atoms with E-state index in [1.165, 1.54) is 0 Å². The van der Waals surface area contributed by atoms with Crippen molar-refractivity contribution in [1.82, 2.24) is 9.78 Å². The number of rotatable bonds is 4. The molecule has 0 aliphatic heterocycles. The first-order chi connectivity index (χ1) is 9.40. The lowest BCUT2D eigenvalue weighted by molar-refractivity contribution is 0.0820. The van der Waals surface area contributed by atoms with Crippen LogP contribution in [-0.2, 0) is 7.05 Å². The van der Waals surface area contributed by atoms with Crippen molar-refractivity contribution in [2.24, 2.45) is 13.0 Å². The Balaban J connectivity index is 2.27. The zero-order valence-electron chi connectivity index (χ0n) is 11.6. The fraction of sp³-hybridized carbons (Fsp3) is 0.267. The number of nitrogens with zero attached hydrogens (tertiary/aromatic N) is 2. The van der Waals surface area contributed by atoms with Crippen molar-refractivity contribution in [1.29, 1.82) is 0 Å². The van der Waals surface area contributed by atoms with Crippen LogP contribution in [0.15, 0.2) is 34.9 Å². The maximum Gasteiger partial charge on any atom is 0.176 e. The molecule has 0 saturated heterocycles. The summed E-state index contributed by atoms with van der Waals surface area (Å²) in [6.45, 7) is 3.40. The molecule has 0 aliphatic rings. The number of carbonyl (C=O) groups is 2. The number of carbonyl (C=O) groups excluding carboxylic acids is 2. The molecule has 2 rings (SSSR count). The van der Waals surface area contributed by atoms with Crippen LogP contribution in [0.4, 0.5) is 0 Å². The molecule has 1 heterocycles. The first kappa shape index (κ1) is 14.7. The molecule has 5 heteroatoms. The van der Waals surface area contributed by atoms with Gasteiger partial charge in [0.1, 0.15) is 0 Å². The molecule has 0 radical (unpaired) electrons. The number of Topliss-reactive ketones (excluding diaryl/α,β-unsaturated/α-hetero) is 2. The fourth-order valence-electron chi connectivity index (χ4n) is 2.09. The average molecular weight is 335 g/mol. The molecule has 104 valence electrons. The summed E-state index contributed by atoms with van der Waals surface area (Å²) in [6, 6.07) is 7.06. The number of aryl methyl sites for hydroxylation is 2. The molecule has 4 nitrogen and oxygen atoms in total. The SMILES string of the molecule is Cc1nn(C)cc1C(=O)C(C)C(=O)c1cccc(Br)c1. The highest BCUT2D eigenvalue weighted by atomic mass is 79.9. The largest absolute Gasteiger partial charge is 0.293 e. The summed E-state index contributed by atoms with van der Waals surface area (Å²) in [6.07, 6.45) is 1.66. The molecule has 0 fully saturated rings. The van der Waals surface area contributed by atoms with Gasteiger partial charge in [0.15, 0.2) is 11.6 Å². The zero-order valence-corrected chi connectivity index (χ0v) is 13.1. The Kier molecular flexibility index (Phi) is 4.18. The van der Waals surface area contributed by atoms with Gasteiger partial charge in [0, 0.05) is 23.3 Å². The second kappa shape index (κ2) is 5.71. The van der Waals surface area contributed by atoms with Crippen molar-refractivity contribution in [3.8, 4) is 0 Å². The molecule has 1 aromatic heterocycles. The van der Waals surface area contributed by atoms with E-state index in [9.17, 15) is 9.59 Å². The zero-order chi connectivity index (χ0) is 14.9. The van der Waals surface area contributed by atoms with Crippen molar-refractivity contribution in [2.75, 3.05) is 0 Å². The number of aromatic nitrogens is 2. The summed E-state index contributed by atoms with van der Waals surface area (Å²) >= 11 is 3.33. The Morgan fingerprint density at radius 1 is 1.30 bits per heavy atom. The predicted octanol–water partition coefficient (Wildman–Crippen LogP) is 3.19. The van der Waals surface area contributed by atoms with E-state index in [1.807, 2.05) is 6.07 Å². The number of hydrogen-bond donors (Lipinski definition) is 0. The molecular formula is C15H15BrN2O2. The highest BCUT2D eigenvalue weighted by Gasteiger charge is 2.26. The monoisotopic (exact) mass is 334 g/mol. The van der Waals surface area contributed by atoms with Gasteiger partial charge in [-0.2, -0.15) is 5.10 Å². The van der Waals surface area contributed by atoms with Gasteiger partial charge in [-0.05, 0) is 26.0 Å². The van der Waals surface area contributed by atoms with Gasteiger partial charge in [-0.15, -0.1) is 0 Å². The lowest BCUT2D eigenvalue weighted by Gasteiger charge is -2.09. The fourth-order valence-corrected chi connectivity index (χ4v) is 2.48. The molecule has 2 aromatic rings. The minimum absolute atomic E-state index is 0.181. The highest BCUT2D eigenvalue weighted by molar-refractivity contribution is 9.10. The van der Waals surface area contributed by atoms with Gasteiger partial charge in [0.2, 0.25) is 0 Å². The van der Waals surface area contributed by atoms with E-state index in [-0.39, 0.29) is 11.6 Å². The average Bonchev–Trinajstić information content (AvgIpc) is 2.75. The lowest BCUT2D eigenvalue weighted by atomic mass is 9.92. The van der Waals surface area contributed by atoms with Crippen LogP contribution in [0, 0.1) is 12.8 Å². The van der Waals surface area contributed by atoms with Gasteiger partial charge in [-0.25, -0.2) is 0 Å². The van der Waals surface area contributed by atoms with Crippen LogP contribution < -0.4 is 0 Å². The number of benzene rings is 1. The van der Waals surface area contributed by atoms with Crippen molar-refractivity contribution >= 4 is 27.5 Å². The van der Waals surface area contributed by atoms with Gasteiger partial charge in [-0.3, -0.25) is 14.3 Å². The van der Waals surface area contributed by atoms with Crippen molar-refractivity contribution < 1.29 is 9.59 Å². The highest BCUT2D eigenvalue weighted by Crippen LogP contribution is 2.19. The van der Waals surface area contributed by atoms with E-state index in [1.54, 1.807) is 50.0 Å². The Bertz CT molecular complexity index is 676. The molecular weight excluding hydrogens is 320 g/mol. The first-order valence-corrected chi connectivity index (χ1v) is 7.03. The molecule has 1 unspecified atom stereocenters. The summed E-state index contributed by atoms with van der Waals surface area (Å²) in [5.74, 6) is -1.09. The summed E-state index contributed by atoms with van der Waals surface area (Å²) in [7, 11) is 1.75. The van der Waals surface area contributed by atoms with Gasteiger partial charge in [0.25, 0.3) is 0 Å². The minimum atomic E-state index is -0.716. The molecule has 0 aliphatic carbocycles. The summed E-state index contributed by atoms with van der Waals surface area (Å²) in [5, 5.41) is 4.14. The third-order valence-corrected chi connectivity index (χ3v) is 3.67. The maximum atomic E-state index is 12.4. The van der Waals surface area contributed by atoms with Gasteiger partial charge < -0.3 is 0 Å². The smallest absolute Gasteiger partial charge is 0.176 e. The molecule has 0 spiro atoms. The van der Waals surface area contributed by atoms with Crippen LogP contribution in [0.5, 0.6) is 0 Å². The Hall–Kier alpha value is -1.75. The second-order valence-electron chi connectivity index (χ2n) is 4.76. The summed E-state index contributed by atoms with van der Waals surface area (Å²) < 4.78 is 2.40. The van der Waals surface area contributed by atoms with Crippen LogP contribution in [0.25, 0.3) is 0 Å². The van der Waals surface area contributed by atoms with Crippen LogP contribution >= 0.6 is 15.9 Å². The molecule has 0 amide bonds. The Labute approximate surface area is 125 Å². The van der Waals surface area contributed by atoms with Crippen LogP contribution in [-0.4, -0.2) is 21.3 Å². The van der Waals surface area contributed by atoms with Gasteiger partial charge in [-0.1, -0.05) is 28.1 Å². The molecule has 20 heavy (non-hydrogen) atoms. The summed E-state index contributed by atoms with van der Waals surface area (Å²) in [4.78, 5) is 24.8. The van der Waals surface area contributed by atoms with Crippen molar-refractivity contribution in [3.63, 3.8) is 0 Å². The van der Waals surface area contributed by atoms with Gasteiger partial charge in [0.05, 0.1) is 17.2 Å². The Morgan fingerprint density at radius 3 is 2.55 bits per heavy atom. The quantitative estimate of drug-likeness (QED) is 0.637. The number of ketones is 2. The van der Waals surface area contributed by atoms with Crippen LogP contribution in [0.1, 0.15) is 33.3 Å². The normalized spacial score (nSPS) is 12.2. The van der Waals surface area contributed by atoms with E-state index in [2.05, 4.69) is 21.0 Å². The first-order valence-electron chi connectivity index (χ1n) is 6.24. The molecule has 1 atom stereocenters. The topological polar surface area (TPSA) is 52.0 Å². The van der Waals surface area contributed by atoms with Crippen LogP contribution in [0.2, 0.25) is 0 Å². The molecule has 0 bridgehead atoms. The minimum Gasteiger partial charge on any atom is -0.293 e. The molecule has 0 saturated carbocycles. The van der Waals surface area contributed by atoms with E-state index in [0.29, 0.717) is 16.8 Å². The van der Waals surface area contributed by atoms with Crippen molar-refractivity contribution in [2.45, 2.75) is 13.8 Å². The number of hydrogen-bond acceptors (Lipinski definition) is 3. The van der Waals surface area contributed by atoms with E-state index < -0.39 is 5.92 Å². The number of halogens is 1. The van der Waals surface area contributed by atoms with Crippen molar-refractivity contribution in [3.05, 3.63) is 51.8 Å². The Morgan fingerprint density at radius 2 is 2.00 bits per heavy atom. The standard InChI is InChI=1S/C15H15BrN2O2/c1-9(14(19)11-5-4-6-12(16)7-11)15(20)13-8-18(3)17-10(13)2/h4-9H,1-3H3. The third kappa shape index (κ3) is 2.88. The molecule has 0 N–H and O–H groups in total. The van der Waals surface area contributed by atoms with E-state index in [4.69, 9.17) is 0 Å². The van der Waals surface area contributed by atoms with E-state index >= 15 is 0 Å². The van der Waals surface area contributed by atoms with E-state index in [0.717, 1.165) is 4.47 Å². The second-order valence-corrected chi connectivity index (χ2v) is 5.68. The molecule has 1 aromatic carbocycles. The van der Waals surface area contributed by atoms with Crippen LogP contribution in [0.3, 0.4) is 0 Å². The third-order valence-electron chi connectivity index (χ3n) is 3.17. The summed E-state index contributed by atoms with van der Waals surface area (Å²) in [5.41, 5.74) is 1.68. The maximum absolute atomic E-state index is 12.4. The predicted molar refractivity (Wildman–Crippen MR) is 79.9 cm³/mol.